The van der Waals surface area contributed by atoms with Crippen LogP contribution in [0.4, 0.5) is 0 Å². The van der Waals surface area contributed by atoms with Crippen molar-refractivity contribution in [2.45, 2.75) is 39.0 Å². The first-order valence-corrected chi connectivity index (χ1v) is 8.33. The van der Waals surface area contributed by atoms with Gasteiger partial charge in [-0.1, -0.05) is 44.4 Å². The summed E-state index contributed by atoms with van der Waals surface area (Å²) in [6.45, 7) is 2.14. The van der Waals surface area contributed by atoms with Crippen LogP contribution >= 0.6 is 0 Å². The maximum absolute atomic E-state index is 12.1. The van der Waals surface area contributed by atoms with Crippen LogP contribution < -0.4 is 5.63 Å². The van der Waals surface area contributed by atoms with Gasteiger partial charge in [-0.3, -0.25) is 4.79 Å². The molecule has 0 amide bonds. The quantitative estimate of drug-likeness (QED) is 0.312. The minimum atomic E-state index is -0.503. The molecule has 0 bridgehead atoms. The third kappa shape index (κ3) is 2.80. The molecular weight excluding hydrogens is 304 g/mol. The number of aromatic hydroxyl groups is 1. The Labute approximate surface area is 139 Å². The number of carbonyl (C=O) groups is 1. The Morgan fingerprint density at radius 2 is 1.83 bits per heavy atom. The molecule has 0 unspecified atom stereocenters. The van der Waals surface area contributed by atoms with Crippen LogP contribution in [0, 0.1) is 0 Å². The zero-order valence-corrected chi connectivity index (χ0v) is 13.7. The monoisotopic (exact) mass is 324 g/mol. The summed E-state index contributed by atoms with van der Waals surface area (Å²) in [5.74, 6) is -0.0765. The summed E-state index contributed by atoms with van der Waals surface area (Å²) in [5.41, 5.74) is 0.431. The zero-order valence-electron chi connectivity index (χ0n) is 13.7. The number of hydrogen-bond donors (Lipinski definition) is 1. The molecular formula is C20H20O4. The van der Waals surface area contributed by atoms with Gasteiger partial charge in [0.2, 0.25) is 0 Å². The lowest BCUT2D eigenvalue weighted by Crippen LogP contribution is -2.02. The Morgan fingerprint density at radius 3 is 2.54 bits per heavy atom. The van der Waals surface area contributed by atoms with Crippen molar-refractivity contribution in [3.63, 3.8) is 0 Å². The molecule has 0 aliphatic carbocycles. The second-order valence-corrected chi connectivity index (χ2v) is 6.04. The van der Waals surface area contributed by atoms with Crippen LogP contribution in [0.2, 0.25) is 0 Å². The summed E-state index contributed by atoms with van der Waals surface area (Å²) in [5, 5.41) is 12.3. The Bertz CT molecular complexity index is 953. The molecule has 0 aliphatic heterocycles. The molecule has 4 nitrogen and oxygen atoms in total. The molecule has 2 aromatic carbocycles. The van der Waals surface area contributed by atoms with Crippen LogP contribution in [0.3, 0.4) is 0 Å². The third-order valence-corrected chi connectivity index (χ3v) is 4.42. The summed E-state index contributed by atoms with van der Waals surface area (Å²) < 4.78 is 5.33. The highest BCUT2D eigenvalue weighted by Crippen LogP contribution is 2.34. The van der Waals surface area contributed by atoms with E-state index in [1.54, 1.807) is 12.1 Å². The number of phenolic OH excluding ortho intramolecular Hbond substituents is 1. The lowest BCUT2D eigenvalue weighted by Gasteiger charge is -2.11. The molecule has 0 fully saturated rings. The Morgan fingerprint density at radius 1 is 1.08 bits per heavy atom. The van der Waals surface area contributed by atoms with Gasteiger partial charge in [0.25, 0.3) is 0 Å². The number of rotatable bonds is 6. The minimum absolute atomic E-state index is 0.0563. The highest BCUT2D eigenvalue weighted by atomic mass is 16.4. The van der Waals surface area contributed by atoms with E-state index in [1.807, 2.05) is 18.2 Å². The van der Waals surface area contributed by atoms with Crippen LogP contribution in [0.5, 0.6) is 5.75 Å². The van der Waals surface area contributed by atoms with Crippen LogP contribution in [0.1, 0.15) is 48.5 Å². The largest absolute Gasteiger partial charge is 0.507 e. The van der Waals surface area contributed by atoms with Gasteiger partial charge in [-0.25, -0.2) is 4.79 Å². The molecule has 1 aromatic heterocycles. The fraction of sp³-hybridized carbons (Fsp3) is 0.300. The van der Waals surface area contributed by atoms with Crippen LogP contribution in [0.15, 0.2) is 39.5 Å². The average molecular weight is 324 g/mol. The molecule has 1 heterocycles. The molecule has 1 N–H and O–H groups in total. The Hall–Kier alpha value is -2.62. The summed E-state index contributed by atoms with van der Waals surface area (Å²) in [4.78, 5) is 23.6. The maximum atomic E-state index is 12.1. The lowest BCUT2D eigenvalue weighted by molar-refractivity contribution is 0.112. The first-order valence-electron chi connectivity index (χ1n) is 8.33. The van der Waals surface area contributed by atoms with Crippen LogP contribution in [0.25, 0.3) is 21.7 Å². The first kappa shape index (κ1) is 16.2. The van der Waals surface area contributed by atoms with E-state index < -0.39 is 5.63 Å². The molecule has 3 rings (SSSR count). The molecule has 4 heteroatoms. The van der Waals surface area contributed by atoms with E-state index in [1.165, 1.54) is 0 Å². The molecule has 0 saturated carbocycles. The van der Waals surface area contributed by atoms with Gasteiger partial charge in [0.05, 0.1) is 10.9 Å². The molecule has 0 radical (unpaired) electrons. The summed E-state index contributed by atoms with van der Waals surface area (Å²) in [7, 11) is 0. The average Bonchev–Trinajstić information content (AvgIpc) is 2.60. The van der Waals surface area contributed by atoms with Crippen molar-refractivity contribution in [2.75, 3.05) is 0 Å². The number of fused-ring (bicyclic) bond motifs is 3. The maximum Gasteiger partial charge on any atom is 0.344 e. The number of phenols is 1. The summed E-state index contributed by atoms with van der Waals surface area (Å²) in [6, 6.07) is 9.00. The van der Waals surface area contributed by atoms with E-state index in [9.17, 15) is 14.7 Å². The van der Waals surface area contributed by atoms with E-state index in [4.69, 9.17) is 4.42 Å². The van der Waals surface area contributed by atoms with Crippen LogP contribution in [-0.4, -0.2) is 11.4 Å². The fourth-order valence-corrected chi connectivity index (χ4v) is 3.13. The Kier molecular flexibility index (Phi) is 4.65. The summed E-state index contributed by atoms with van der Waals surface area (Å²) >= 11 is 0. The normalized spacial score (nSPS) is 11.2. The van der Waals surface area contributed by atoms with Gasteiger partial charge in [0.1, 0.15) is 5.75 Å². The number of unbranched alkanes of at least 4 members (excludes halogenated alkanes) is 3. The molecule has 0 aliphatic rings. The highest BCUT2D eigenvalue weighted by molar-refractivity contribution is 6.10. The predicted molar refractivity (Wildman–Crippen MR) is 94.9 cm³/mol. The number of carbonyl (C=O) groups excluding carboxylic acids is 1. The van der Waals surface area contributed by atoms with Crippen molar-refractivity contribution in [1.29, 1.82) is 0 Å². The van der Waals surface area contributed by atoms with E-state index in [2.05, 4.69) is 6.92 Å². The van der Waals surface area contributed by atoms with Gasteiger partial charge < -0.3 is 9.52 Å². The van der Waals surface area contributed by atoms with Crippen molar-refractivity contribution in [1.82, 2.24) is 0 Å². The highest BCUT2D eigenvalue weighted by Gasteiger charge is 2.17. The van der Waals surface area contributed by atoms with Crippen molar-refractivity contribution < 1.29 is 14.3 Å². The van der Waals surface area contributed by atoms with E-state index in [0.717, 1.165) is 36.6 Å². The van der Waals surface area contributed by atoms with Gasteiger partial charge in [-0.15, -0.1) is 0 Å². The molecule has 24 heavy (non-hydrogen) atoms. The minimum Gasteiger partial charge on any atom is -0.507 e. The number of hydrogen-bond acceptors (Lipinski definition) is 4. The summed E-state index contributed by atoms with van der Waals surface area (Å²) in [6.07, 6.45) is 5.56. The number of benzene rings is 2. The molecule has 3 aromatic rings. The molecule has 0 atom stereocenters. The topological polar surface area (TPSA) is 67.5 Å². The van der Waals surface area contributed by atoms with Crippen molar-refractivity contribution in [3.05, 3.63) is 51.9 Å². The van der Waals surface area contributed by atoms with Gasteiger partial charge in [-0.05, 0) is 35.9 Å². The molecule has 0 saturated heterocycles. The number of aryl methyl sites for hydroxylation is 1. The first-order chi connectivity index (χ1) is 11.7. The third-order valence-electron chi connectivity index (χ3n) is 4.42. The molecule has 0 spiro atoms. The van der Waals surface area contributed by atoms with Gasteiger partial charge in [0, 0.05) is 5.39 Å². The second-order valence-electron chi connectivity index (χ2n) is 6.04. The van der Waals surface area contributed by atoms with E-state index >= 15 is 0 Å². The van der Waals surface area contributed by atoms with Crippen molar-refractivity contribution >= 4 is 28.0 Å². The lowest BCUT2D eigenvalue weighted by atomic mass is 9.97. The second kappa shape index (κ2) is 6.87. The predicted octanol–water partition coefficient (Wildman–Crippen LogP) is 4.59. The number of aldehydes is 1. The van der Waals surface area contributed by atoms with Gasteiger partial charge in [0.15, 0.2) is 11.9 Å². The fourth-order valence-electron chi connectivity index (χ4n) is 3.13. The zero-order chi connectivity index (χ0) is 17.1. The van der Waals surface area contributed by atoms with Crippen molar-refractivity contribution in [3.8, 4) is 5.75 Å². The van der Waals surface area contributed by atoms with Gasteiger partial charge >= 0.3 is 5.63 Å². The smallest absolute Gasteiger partial charge is 0.344 e. The van der Waals surface area contributed by atoms with E-state index in [0.29, 0.717) is 23.5 Å². The standard InChI is InChI=1S/C20H20O4/c1-2-3-4-5-8-13-11-16-14-9-6-7-10-15(14)20(23)24-19(16)17(12-21)18(13)22/h6-7,9-12,22H,2-5,8H2,1H3. The van der Waals surface area contributed by atoms with Gasteiger partial charge in [-0.2, -0.15) is 0 Å². The van der Waals surface area contributed by atoms with E-state index in [-0.39, 0.29) is 16.9 Å². The molecule has 124 valence electrons. The van der Waals surface area contributed by atoms with Crippen molar-refractivity contribution in [2.24, 2.45) is 0 Å². The SMILES string of the molecule is CCCCCCc1cc2c(oc(=O)c3ccccc32)c(C=O)c1O. The van der Waals surface area contributed by atoms with Crippen LogP contribution in [-0.2, 0) is 6.42 Å². The Balaban J connectivity index is 2.22.